The molecular weight excluding hydrogens is 232 g/mol. The van der Waals surface area contributed by atoms with Gasteiger partial charge < -0.3 is 0 Å². The van der Waals surface area contributed by atoms with Gasteiger partial charge in [0, 0.05) is 0 Å². The van der Waals surface area contributed by atoms with Crippen molar-refractivity contribution in [2.45, 2.75) is 38.5 Å². The normalized spacial score (nSPS) is 15.1. The molecule has 0 bridgehead atoms. The van der Waals surface area contributed by atoms with Gasteiger partial charge in [-0.15, -0.1) is 0 Å². The highest BCUT2D eigenvalue weighted by atomic mass is 32.3. The first-order chi connectivity index (χ1) is 7.21. The minimum Gasteiger partial charge on any atom is -0.250 e. The summed E-state index contributed by atoms with van der Waals surface area (Å²) in [5.41, 5.74) is 0. The monoisotopic (exact) mass is 266 g/mol. The van der Waals surface area contributed by atoms with Gasteiger partial charge in [0.25, 0.3) is 0 Å². The fourth-order valence-electron chi connectivity index (χ4n) is 1.78. The third kappa shape index (κ3) is 14.7. The first kappa shape index (κ1) is 16.7. The highest BCUT2D eigenvalue weighted by Crippen LogP contribution is 2.36. The molecule has 0 spiro atoms. The molecule has 0 saturated carbocycles. The molecule has 0 N–H and O–H groups in total. The first-order valence-electron chi connectivity index (χ1n) is 6.53. The standard InChI is InChI=1S/C14H34S2/c1-15(2,3)13-11-9-7-8-10-12-14-16(4,5)6/h7-14H2,1-6H3. The summed E-state index contributed by atoms with van der Waals surface area (Å²) in [5.74, 6) is 2.94. The van der Waals surface area contributed by atoms with E-state index in [1.807, 2.05) is 0 Å². The zero-order chi connectivity index (χ0) is 12.7. The smallest absolute Gasteiger partial charge is 0.0235 e. The van der Waals surface area contributed by atoms with Crippen molar-refractivity contribution < 1.29 is 0 Å². The molecule has 0 fully saturated rings. The van der Waals surface area contributed by atoms with E-state index in [1.165, 1.54) is 50.0 Å². The number of hydrogen-bond acceptors (Lipinski definition) is 0. The lowest BCUT2D eigenvalue weighted by Gasteiger charge is -2.25. The average molecular weight is 267 g/mol. The molecule has 0 nitrogen and oxygen atoms in total. The molecule has 0 aliphatic heterocycles. The summed E-state index contributed by atoms with van der Waals surface area (Å²) < 4.78 is 0. The van der Waals surface area contributed by atoms with E-state index in [9.17, 15) is 0 Å². The van der Waals surface area contributed by atoms with E-state index in [0.717, 1.165) is 0 Å². The third-order valence-electron chi connectivity index (χ3n) is 2.76. The highest BCUT2D eigenvalue weighted by Gasteiger charge is 2.04. The Morgan fingerprint density at radius 1 is 0.438 bits per heavy atom. The molecule has 0 aliphatic rings. The molecule has 0 radical (unpaired) electrons. The summed E-state index contributed by atoms with van der Waals surface area (Å²) in [4.78, 5) is 0. The van der Waals surface area contributed by atoms with E-state index in [-0.39, 0.29) is 20.1 Å². The Labute approximate surface area is 108 Å². The molecule has 0 amide bonds. The van der Waals surface area contributed by atoms with E-state index in [0.29, 0.717) is 0 Å². The van der Waals surface area contributed by atoms with E-state index in [1.54, 1.807) is 0 Å². The van der Waals surface area contributed by atoms with Crippen LogP contribution < -0.4 is 0 Å². The second-order valence-electron chi connectivity index (χ2n) is 6.71. The Hall–Kier alpha value is 0.700. The summed E-state index contributed by atoms with van der Waals surface area (Å²) >= 11 is 0. The van der Waals surface area contributed by atoms with E-state index >= 15 is 0 Å². The Kier molecular flexibility index (Phi) is 8.26. The molecule has 2 heteroatoms. The maximum atomic E-state index is 2.43. The van der Waals surface area contributed by atoms with Crippen LogP contribution in [0.1, 0.15) is 38.5 Å². The van der Waals surface area contributed by atoms with E-state index in [4.69, 9.17) is 0 Å². The van der Waals surface area contributed by atoms with Crippen molar-refractivity contribution in [3.05, 3.63) is 0 Å². The number of rotatable bonds is 9. The van der Waals surface area contributed by atoms with Crippen molar-refractivity contribution in [1.29, 1.82) is 0 Å². The Bertz CT molecular complexity index is 143. The van der Waals surface area contributed by atoms with Gasteiger partial charge in [0.2, 0.25) is 0 Å². The predicted molar refractivity (Wildman–Crippen MR) is 88.2 cm³/mol. The SMILES string of the molecule is CS(C)(C)CCCCCCCCS(C)(C)C. The molecule has 0 aliphatic carbocycles. The van der Waals surface area contributed by atoms with Crippen LogP contribution in [0.2, 0.25) is 0 Å². The van der Waals surface area contributed by atoms with Gasteiger partial charge in [0.1, 0.15) is 0 Å². The predicted octanol–water partition coefficient (Wildman–Crippen LogP) is 4.72. The summed E-state index contributed by atoms with van der Waals surface area (Å²) in [7, 11) is -0.475. The van der Waals surface area contributed by atoms with Crippen molar-refractivity contribution in [3.8, 4) is 0 Å². The molecule has 0 atom stereocenters. The molecule has 102 valence electrons. The number of unbranched alkanes of at least 4 members (excludes halogenated alkanes) is 5. The lowest BCUT2D eigenvalue weighted by atomic mass is 10.1. The minimum absolute atomic E-state index is 0.238. The molecule has 16 heavy (non-hydrogen) atoms. The van der Waals surface area contributed by atoms with Crippen molar-refractivity contribution in [2.75, 3.05) is 49.0 Å². The van der Waals surface area contributed by atoms with Gasteiger partial charge in [0.05, 0.1) is 0 Å². The van der Waals surface area contributed by atoms with Crippen LogP contribution in [0.4, 0.5) is 0 Å². The van der Waals surface area contributed by atoms with Crippen molar-refractivity contribution >= 4 is 20.1 Å². The summed E-state index contributed by atoms with van der Waals surface area (Å²) in [6.07, 6.45) is 23.4. The zero-order valence-corrected chi connectivity index (χ0v) is 14.1. The van der Waals surface area contributed by atoms with Gasteiger partial charge in [0.15, 0.2) is 0 Å². The van der Waals surface area contributed by atoms with Gasteiger partial charge in [-0.25, -0.2) is 20.1 Å². The fourth-order valence-corrected chi connectivity index (χ4v) is 3.92. The van der Waals surface area contributed by atoms with Crippen LogP contribution in [-0.2, 0) is 0 Å². The Morgan fingerprint density at radius 3 is 0.938 bits per heavy atom. The topological polar surface area (TPSA) is 0 Å². The van der Waals surface area contributed by atoms with Crippen molar-refractivity contribution in [1.82, 2.24) is 0 Å². The fraction of sp³-hybridized carbons (Fsp3) is 1.00. The Balaban J connectivity index is 3.17. The lowest BCUT2D eigenvalue weighted by molar-refractivity contribution is 0.628. The maximum absolute atomic E-state index is 2.43. The molecule has 0 aromatic rings. The van der Waals surface area contributed by atoms with Gasteiger partial charge in [-0.05, 0) is 61.9 Å². The maximum Gasteiger partial charge on any atom is -0.0235 e. The molecule has 0 aromatic heterocycles. The van der Waals surface area contributed by atoms with Gasteiger partial charge in [-0.2, -0.15) is 0 Å². The molecule has 0 rings (SSSR count). The van der Waals surface area contributed by atoms with Crippen LogP contribution >= 0.6 is 20.1 Å². The average Bonchev–Trinajstić information content (AvgIpc) is 2.06. The van der Waals surface area contributed by atoms with Crippen LogP contribution in [0, 0.1) is 0 Å². The van der Waals surface area contributed by atoms with Crippen LogP contribution in [0.15, 0.2) is 0 Å². The summed E-state index contributed by atoms with van der Waals surface area (Å²) in [5, 5.41) is 0. The van der Waals surface area contributed by atoms with Crippen molar-refractivity contribution in [2.24, 2.45) is 0 Å². The van der Waals surface area contributed by atoms with Crippen LogP contribution in [0.25, 0.3) is 0 Å². The quantitative estimate of drug-likeness (QED) is 0.530. The molecule has 0 saturated heterocycles. The molecule has 0 unspecified atom stereocenters. The molecular formula is C14H34S2. The minimum atomic E-state index is -0.238. The van der Waals surface area contributed by atoms with Gasteiger partial charge in [-0.1, -0.05) is 25.7 Å². The van der Waals surface area contributed by atoms with Crippen LogP contribution in [0.5, 0.6) is 0 Å². The highest BCUT2D eigenvalue weighted by molar-refractivity contribution is 8.32. The third-order valence-corrected chi connectivity index (χ3v) is 5.79. The lowest BCUT2D eigenvalue weighted by Crippen LogP contribution is -1.99. The molecule has 0 heterocycles. The van der Waals surface area contributed by atoms with Gasteiger partial charge in [-0.3, -0.25) is 0 Å². The van der Waals surface area contributed by atoms with E-state index < -0.39 is 0 Å². The van der Waals surface area contributed by atoms with Crippen LogP contribution in [-0.4, -0.2) is 49.0 Å². The zero-order valence-electron chi connectivity index (χ0n) is 12.5. The number of hydrogen-bond donors (Lipinski definition) is 0. The second kappa shape index (κ2) is 7.92. The second-order valence-corrected chi connectivity index (χ2v) is 15.9. The summed E-state index contributed by atoms with van der Waals surface area (Å²) in [6.45, 7) is 0. The summed E-state index contributed by atoms with van der Waals surface area (Å²) in [6, 6.07) is 0. The van der Waals surface area contributed by atoms with Crippen molar-refractivity contribution in [3.63, 3.8) is 0 Å². The largest absolute Gasteiger partial charge is 0.250 e. The Morgan fingerprint density at radius 2 is 0.688 bits per heavy atom. The van der Waals surface area contributed by atoms with Crippen LogP contribution in [0.3, 0.4) is 0 Å². The molecule has 0 aromatic carbocycles. The van der Waals surface area contributed by atoms with Gasteiger partial charge >= 0.3 is 0 Å². The van der Waals surface area contributed by atoms with E-state index in [2.05, 4.69) is 37.5 Å². The first-order valence-corrected chi connectivity index (χ1v) is 12.6.